The van der Waals surface area contributed by atoms with E-state index in [2.05, 4.69) is 10.1 Å². The lowest BCUT2D eigenvalue weighted by atomic mass is 10.0. The summed E-state index contributed by atoms with van der Waals surface area (Å²) in [4.78, 5) is 23.8. The van der Waals surface area contributed by atoms with Gasteiger partial charge < -0.3 is 14.8 Å². The first-order valence-corrected chi connectivity index (χ1v) is 7.60. The lowest BCUT2D eigenvalue weighted by Crippen LogP contribution is -2.27. The molecule has 1 N–H and O–H groups in total. The lowest BCUT2D eigenvalue weighted by Gasteiger charge is -2.18. The van der Waals surface area contributed by atoms with Gasteiger partial charge in [0.15, 0.2) is 0 Å². The molecule has 2 aromatic carbocycles. The predicted molar refractivity (Wildman–Crippen MR) is 91.4 cm³/mol. The molecule has 0 saturated heterocycles. The Hall–Kier alpha value is -2.82. The average molecular weight is 327 g/mol. The highest BCUT2D eigenvalue weighted by molar-refractivity contribution is 5.96. The van der Waals surface area contributed by atoms with Crippen LogP contribution in [0.4, 0.5) is 0 Å². The molecule has 126 valence electrons. The second-order valence-electron chi connectivity index (χ2n) is 5.51. The number of hydrogen-bond donors (Lipinski definition) is 1. The van der Waals surface area contributed by atoms with Crippen LogP contribution in [0.15, 0.2) is 42.5 Å². The topological polar surface area (TPSA) is 64.6 Å². The van der Waals surface area contributed by atoms with Gasteiger partial charge in [0.2, 0.25) is 0 Å². The van der Waals surface area contributed by atoms with Gasteiger partial charge in [-0.1, -0.05) is 17.7 Å². The van der Waals surface area contributed by atoms with E-state index in [-0.39, 0.29) is 11.9 Å². The molecule has 0 aliphatic rings. The maximum Gasteiger partial charge on any atom is 0.337 e. The van der Waals surface area contributed by atoms with Crippen molar-refractivity contribution in [3.05, 3.63) is 64.7 Å². The third-order valence-corrected chi connectivity index (χ3v) is 3.77. The normalized spacial score (nSPS) is 11.5. The van der Waals surface area contributed by atoms with E-state index in [1.165, 1.54) is 7.11 Å². The van der Waals surface area contributed by atoms with Gasteiger partial charge in [-0.2, -0.15) is 0 Å². The number of hydrogen-bond acceptors (Lipinski definition) is 4. The first kappa shape index (κ1) is 17.5. The molecular formula is C19H21NO4. The Kier molecular flexibility index (Phi) is 5.58. The van der Waals surface area contributed by atoms with E-state index in [9.17, 15) is 9.59 Å². The maximum atomic E-state index is 12.4. The summed E-state index contributed by atoms with van der Waals surface area (Å²) >= 11 is 0. The fourth-order valence-corrected chi connectivity index (χ4v) is 2.43. The highest BCUT2D eigenvalue weighted by atomic mass is 16.5. The van der Waals surface area contributed by atoms with Crippen LogP contribution in [0.1, 0.15) is 44.8 Å². The summed E-state index contributed by atoms with van der Waals surface area (Å²) < 4.78 is 10.0. The quantitative estimate of drug-likeness (QED) is 0.856. The molecule has 0 spiro atoms. The molecular weight excluding hydrogens is 306 g/mol. The molecule has 2 aromatic rings. The van der Waals surface area contributed by atoms with Crippen molar-refractivity contribution in [1.82, 2.24) is 5.32 Å². The van der Waals surface area contributed by atoms with Crippen molar-refractivity contribution in [1.29, 1.82) is 0 Å². The molecule has 0 saturated carbocycles. The predicted octanol–water partition coefficient (Wildman–Crippen LogP) is 3.28. The minimum atomic E-state index is -0.431. The highest BCUT2D eigenvalue weighted by Crippen LogP contribution is 2.26. The van der Waals surface area contributed by atoms with Crippen LogP contribution in [0.2, 0.25) is 0 Å². The van der Waals surface area contributed by atoms with Crippen LogP contribution in [0.25, 0.3) is 0 Å². The Morgan fingerprint density at radius 2 is 1.62 bits per heavy atom. The van der Waals surface area contributed by atoms with Gasteiger partial charge in [-0.05, 0) is 44.2 Å². The van der Waals surface area contributed by atoms with E-state index in [0.29, 0.717) is 11.1 Å². The van der Waals surface area contributed by atoms with Crippen LogP contribution in [0, 0.1) is 6.92 Å². The Bertz CT molecular complexity index is 738. The number of carbonyl (C=O) groups excluding carboxylic acids is 2. The van der Waals surface area contributed by atoms with E-state index in [4.69, 9.17) is 4.74 Å². The van der Waals surface area contributed by atoms with Gasteiger partial charge in [0.1, 0.15) is 5.75 Å². The molecule has 0 fully saturated rings. The molecule has 1 atom stereocenters. The summed E-state index contributed by atoms with van der Waals surface area (Å²) in [6, 6.07) is 12.0. The molecule has 0 bridgehead atoms. The van der Waals surface area contributed by atoms with Crippen LogP contribution in [0.5, 0.6) is 5.75 Å². The Morgan fingerprint density at radius 1 is 1.00 bits per heavy atom. The first-order chi connectivity index (χ1) is 11.5. The van der Waals surface area contributed by atoms with Crippen molar-refractivity contribution < 1.29 is 19.1 Å². The standard InChI is InChI=1S/C19H21NO4/c1-12-5-10-17(23-3)16(11-12)13(2)20-18(21)14-6-8-15(9-7-14)19(22)24-4/h5-11,13H,1-4H3,(H,20,21)/t13-/m1/s1. The van der Waals surface area contributed by atoms with E-state index in [1.54, 1.807) is 31.4 Å². The summed E-state index contributed by atoms with van der Waals surface area (Å²) in [6.07, 6.45) is 0. The maximum absolute atomic E-state index is 12.4. The van der Waals surface area contributed by atoms with E-state index in [1.807, 2.05) is 32.0 Å². The molecule has 0 radical (unpaired) electrons. The molecule has 0 aromatic heterocycles. The van der Waals surface area contributed by atoms with Crippen LogP contribution < -0.4 is 10.1 Å². The van der Waals surface area contributed by atoms with Crippen LogP contribution in [-0.4, -0.2) is 26.1 Å². The van der Waals surface area contributed by atoms with Crippen molar-refractivity contribution in [3.63, 3.8) is 0 Å². The number of aryl methyl sites for hydroxylation is 1. The van der Waals surface area contributed by atoms with E-state index in [0.717, 1.165) is 16.9 Å². The smallest absolute Gasteiger partial charge is 0.337 e. The van der Waals surface area contributed by atoms with Gasteiger partial charge in [-0.15, -0.1) is 0 Å². The Balaban J connectivity index is 2.14. The zero-order valence-corrected chi connectivity index (χ0v) is 14.3. The number of nitrogens with one attached hydrogen (secondary N) is 1. The number of rotatable bonds is 5. The van der Waals surface area contributed by atoms with Crippen molar-refractivity contribution in [2.24, 2.45) is 0 Å². The van der Waals surface area contributed by atoms with Crippen LogP contribution in [-0.2, 0) is 4.74 Å². The van der Waals surface area contributed by atoms with Crippen molar-refractivity contribution in [2.75, 3.05) is 14.2 Å². The van der Waals surface area contributed by atoms with Gasteiger partial charge in [0.05, 0.1) is 25.8 Å². The minimum absolute atomic E-state index is 0.215. The molecule has 0 aliphatic heterocycles. The number of benzene rings is 2. The molecule has 24 heavy (non-hydrogen) atoms. The fourth-order valence-electron chi connectivity index (χ4n) is 2.43. The zero-order chi connectivity index (χ0) is 17.7. The van der Waals surface area contributed by atoms with E-state index < -0.39 is 5.97 Å². The van der Waals surface area contributed by atoms with Crippen molar-refractivity contribution in [3.8, 4) is 5.75 Å². The molecule has 5 heteroatoms. The van der Waals surface area contributed by atoms with Crippen molar-refractivity contribution in [2.45, 2.75) is 19.9 Å². The largest absolute Gasteiger partial charge is 0.496 e. The number of methoxy groups -OCH3 is 2. The summed E-state index contributed by atoms with van der Waals surface area (Å²) in [5, 5.41) is 2.94. The Morgan fingerprint density at radius 3 is 2.21 bits per heavy atom. The summed E-state index contributed by atoms with van der Waals surface area (Å²) in [7, 11) is 2.92. The van der Waals surface area contributed by atoms with Crippen molar-refractivity contribution >= 4 is 11.9 Å². The van der Waals surface area contributed by atoms with Gasteiger partial charge in [-0.3, -0.25) is 4.79 Å². The molecule has 0 unspecified atom stereocenters. The average Bonchev–Trinajstić information content (AvgIpc) is 2.61. The van der Waals surface area contributed by atoms with Crippen LogP contribution >= 0.6 is 0 Å². The third-order valence-electron chi connectivity index (χ3n) is 3.77. The Labute approximate surface area is 141 Å². The fraction of sp³-hybridized carbons (Fsp3) is 0.263. The summed E-state index contributed by atoms with van der Waals surface area (Å²) in [5.41, 5.74) is 2.88. The van der Waals surface area contributed by atoms with E-state index >= 15 is 0 Å². The van der Waals surface area contributed by atoms with Gasteiger partial charge in [0, 0.05) is 11.1 Å². The first-order valence-electron chi connectivity index (χ1n) is 7.60. The summed E-state index contributed by atoms with van der Waals surface area (Å²) in [6.45, 7) is 3.89. The molecule has 0 heterocycles. The molecule has 1 amide bonds. The zero-order valence-electron chi connectivity index (χ0n) is 14.3. The highest BCUT2D eigenvalue weighted by Gasteiger charge is 2.16. The molecule has 0 aliphatic carbocycles. The summed E-state index contributed by atoms with van der Waals surface area (Å²) in [5.74, 6) is 0.0803. The monoisotopic (exact) mass is 327 g/mol. The molecule has 2 rings (SSSR count). The second kappa shape index (κ2) is 7.64. The van der Waals surface area contributed by atoms with Gasteiger partial charge in [0.25, 0.3) is 5.91 Å². The van der Waals surface area contributed by atoms with Crippen LogP contribution in [0.3, 0.4) is 0 Å². The SMILES string of the molecule is COC(=O)c1ccc(C(=O)N[C@H](C)c2cc(C)ccc2OC)cc1. The number of esters is 1. The number of amides is 1. The molecule has 5 nitrogen and oxygen atoms in total. The van der Waals surface area contributed by atoms with Gasteiger partial charge in [-0.25, -0.2) is 4.79 Å². The second-order valence-corrected chi connectivity index (χ2v) is 5.51. The number of ether oxygens (including phenoxy) is 2. The van der Waals surface area contributed by atoms with Gasteiger partial charge >= 0.3 is 5.97 Å². The minimum Gasteiger partial charge on any atom is -0.496 e. The number of carbonyl (C=O) groups is 2. The third kappa shape index (κ3) is 3.93. The lowest BCUT2D eigenvalue weighted by molar-refractivity contribution is 0.0600.